The van der Waals surface area contributed by atoms with Crippen LogP contribution in [0.2, 0.25) is 0 Å². The number of rotatable bonds is 9. The summed E-state index contributed by atoms with van der Waals surface area (Å²) in [6, 6.07) is 8.21. The van der Waals surface area contributed by atoms with Crippen LogP contribution in [0.1, 0.15) is 74.1 Å². The van der Waals surface area contributed by atoms with Gasteiger partial charge in [-0.3, -0.25) is 9.97 Å². The number of pyridine rings is 3. The number of nitrogens with one attached hydrogen (secondary N) is 1. The highest BCUT2D eigenvalue weighted by molar-refractivity contribution is 7.92. The number of anilines is 1. The fourth-order valence-electron chi connectivity index (χ4n) is 7.45. The molecule has 1 aliphatic carbocycles. The summed E-state index contributed by atoms with van der Waals surface area (Å²) in [5.41, 5.74) is 4.86. The summed E-state index contributed by atoms with van der Waals surface area (Å²) in [4.78, 5) is 15.6. The molecule has 1 N–H and O–H groups in total. The van der Waals surface area contributed by atoms with Crippen LogP contribution >= 0.6 is 11.3 Å². The van der Waals surface area contributed by atoms with E-state index in [1.165, 1.54) is 24.0 Å². The quantitative estimate of drug-likeness (QED) is 0.175. The summed E-state index contributed by atoms with van der Waals surface area (Å²) >= 11 is 1.52. The van der Waals surface area contributed by atoms with Gasteiger partial charge in [0.2, 0.25) is 0 Å². The third-order valence-electron chi connectivity index (χ3n) is 10.0. The largest absolute Gasteiger partial charge is 0.452 e. The molecule has 11 nitrogen and oxygen atoms in total. The van der Waals surface area contributed by atoms with Crippen molar-refractivity contribution in [3.8, 4) is 28.0 Å². The van der Waals surface area contributed by atoms with Crippen LogP contribution in [0.25, 0.3) is 32.0 Å². The molecule has 1 fully saturated rings. The van der Waals surface area contributed by atoms with Crippen LogP contribution in [0.15, 0.2) is 46.0 Å². The van der Waals surface area contributed by atoms with Crippen LogP contribution in [-0.2, 0) is 27.4 Å². The number of thiophene rings is 1. The van der Waals surface area contributed by atoms with Crippen molar-refractivity contribution in [2.75, 3.05) is 31.4 Å². The smallest absolute Gasteiger partial charge is 0.414 e. The van der Waals surface area contributed by atoms with Crippen molar-refractivity contribution in [3.05, 3.63) is 59.3 Å². The summed E-state index contributed by atoms with van der Waals surface area (Å²) in [5.74, 6) is 1.34. The first-order valence-electron chi connectivity index (χ1n) is 16.6. The molecule has 0 bridgehead atoms. The van der Waals surface area contributed by atoms with Crippen LogP contribution in [0.4, 0.5) is 5.82 Å². The summed E-state index contributed by atoms with van der Waals surface area (Å²) in [6.45, 7) is 5.64. The van der Waals surface area contributed by atoms with E-state index in [2.05, 4.69) is 46.5 Å². The highest BCUT2D eigenvalue weighted by Crippen LogP contribution is 2.51. The molecule has 7 heterocycles. The maximum absolute atomic E-state index is 14.2. The Morgan fingerprint density at radius 2 is 1.94 bits per heavy atom. The van der Waals surface area contributed by atoms with Crippen molar-refractivity contribution in [3.63, 3.8) is 0 Å². The number of aryl methyl sites for hydroxylation is 2. The van der Waals surface area contributed by atoms with E-state index in [1.807, 2.05) is 18.3 Å². The van der Waals surface area contributed by atoms with E-state index in [1.54, 1.807) is 6.20 Å². The molecule has 0 amide bonds. The van der Waals surface area contributed by atoms with Crippen molar-refractivity contribution in [2.45, 2.75) is 69.2 Å². The first-order chi connectivity index (χ1) is 23.3. The molecule has 8 rings (SSSR count). The first kappa shape index (κ1) is 31.3. The van der Waals surface area contributed by atoms with E-state index < -0.39 is 9.84 Å². The minimum atomic E-state index is -3.69. The van der Waals surface area contributed by atoms with Gasteiger partial charge in [-0.05, 0) is 79.5 Å². The van der Waals surface area contributed by atoms with E-state index in [0.717, 1.165) is 77.5 Å². The highest BCUT2D eigenvalue weighted by atomic mass is 32.2. The molecule has 48 heavy (non-hydrogen) atoms. The molecule has 3 aliphatic rings. The number of ether oxygens (including phenoxy) is 2. The molecule has 1 saturated heterocycles. The Kier molecular flexibility index (Phi) is 8.16. The molecule has 5 aromatic heterocycles. The Labute approximate surface area is 283 Å². The maximum Gasteiger partial charge on any atom is 0.414 e. The number of fused-ring (bicyclic) bond motifs is 3. The second kappa shape index (κ2) is 12.5. The lowest BCUT2D eigenvalue weighted by atomic mass is 9.89. The molecule has 2 atom stereocenters. The number of sulfone groups is 1. The highest BCUT2D eigenvalue weighted by Gasteiger charge is 2.43. The number of aromatic nitrogens is 5. The lowest BCUT2D eigenvalue weighted by molar-refractivity contribution is 0.0639. The molecule has 0 spiro atoms. The summed E-state index contributed by atoms with van der Waals surface area (Å²) < 4.78 is 46.2. The lowest BCUT2D eigenvalue weighted by Gasteiger charge is -2.23. The molecular formula is C35H38N6O5S2. The Balaban J connectivity index is 1.32. The minimum absolute atomic E-state index is 0.00750. The zero-order chi connectivity index (χ0) is 33.0. The fourth-order valence-corrected chi connectivity index (χ4v) is 10.9. The Hall–Kier alpha value is -3.94. The molecule has 0 saturated carbocycles. The van der Waals surface area contributed by atoms with Gasteiger partial charge in [0.05, 0.1) is 45.5 Å². The van der Waals surface area contributed by atoms with E-state index in [0.29, 0.717) is 29.2 Å². The van der Waals surface area contributed by atoms with Gasteiger partial charge in [-0.25, -0.2) is 13.4 Å². The van der Waals surface area contributed by atoms with E-state index in [9.17, 15) is 8.42 Å². The van der Waals surface area contributed by atoms with Gasteiger partial charge >= 0.3 is 6.08 Å². The van der Waals surface area contributed by atoms with Gasteiger partial charge in [0.25, 0.3) is 5.89 Å². The second-order valence-electron chi connectivity index (χ2n) is 13.3. The topological polar surface area (TPSA) is 142 Å². The van der Waals surface area contributed by atoms with E-state index in [-0.39, 0.29) is 40.5 Å². The molecule has 250 valence electrons. The zero-order valence-corrected chi connectivity index (χ0v) is 28.9. The SMILES string of the molecule is COc1nnc(-c2c(CCC3CCOCC3)nc3c(c2-c2cc4ccnc(N[C@@H]5CCc6ncccc65)c4s2)S(=O)(=O)C[C@H]3C(C)C)o1. The summed E-state index contributed by atoms with van der Waals surface area (Å²) in [5, 5.41) is 13.1. The van der Waals surface area contributed by atoms with E-state index in [4.69, 9.17) is 23.9 Å². The van der Waals surface area contributed by atoms with Crippen molar-refractivity contribution in [1.82, 2.24) is 25.1 Å². The van der Waals surface area contributed by atoms with Crippen LogP contribution < -0.4 is 10.1 Å². The third kappa shape index (κ3) is 5.55. The van der Waals surface area contributed by atoms with Gasteiger partial charge in [0.1, 0.15) is 5.82 Å². The monoisotopic (exact) mass is 686 g/mol. The molecule has 0 radical (unpaired) electrons. The molecule has 0 aromatic carbocycles. The number of methoxy groups -OCH3 is 1. The lowest BCUT2D eigenvalue weighted by Crippen LogP contribution is -2.17. The van der Waals surface area contributed by atoms with E-state index >= 15 is 0 Å². The van der Waals surface area contributed by atoms with Crippen molar-refractivity contribution < 1.29 is 22.3 Å². The fraction of sp³-hybridized carbons (Fsp3) is 0.457. The van der Waals surface area contributed by atoms with Crippen molar-refractivity contribution in [2.24, 2.45) is 11.8 Å². The average molecular weight is 687 g/mol. The third-order valence-corrected chi connectivity index (χ3v) is 13.0. The van der Waals surface area contributed by atoms with Gasteiger partial charge in [-0.2, -0.15) is 0 Å². The molecule has 13 heteroatoms. The van der Waals surface area contributed by atoms with Crippen LogP contribution in [0, 0.1) is 11.8 Å². The predicted molar refractivity (Wildman–Crippen MR) is 183 cm³/mol. The normalized spacial score (nSPS) is 20.3. The predicted octanol–water partition coefficient (Wildman–Crippen LogP) is 6.80. The maximum atomic E-state index is 14.2. The number of nitrogens with zero attached hydrogens (tertiary/aromatic N) is 5. The van der Waals surface area contributed by atoms with Gasteiger partial charge in [0.15, 0.2) is 9.84 Å². The second-order valence-corrected chi connectivity index (χ2v) is 16.3. The van der Waals surface area contributed by atoms with Gasteiger partial charge in [-0.15, -0.1) is 16.4 Å². The van der Waals surface area contributed by atoms with Gasteiger partial charge in [-0.1, -0.05) is 25.0 Å². The molecular weight excluding hydrogens is 649 g/mol. The minimum Gasteiger partial charge on any atom is -0.452 e. The molecule has 2 aliphatic heterocycles. The number of hydrogen-bond donors (Lipinski definition) is 1. The number of hydrogen-bond acceptors (Lipinski definition) is 12. The Morgan fingerprint density at radius 3 is 2.73 bits per heavy atom. The van der Waals surface area contributed by atoms with Crippen molar-refractivity contribution in [1.29, 1.82) is 0 Å². The molecule has 0 unspecified atom stereocenters. The van der Waals surface area contributed by atoms with Crippen molar-refractivity contribution >= 4 is 37.1 Å². The van der Waals surface area contributed by atoms with Crippen LogP contribution in [-0.4, -0.2) is 59.6 Å². The first-order valence-corrected chi connectivity index (χ1v) is 19.1. The summed E-state index contributed by atoms with van der Waals surface area (Å²) in [6.07, 6.45) is 9.00. The standard InChI is InChI=1S/C35H38N6O5S2/c1-19(2)23-18-48(42,43)32-29(27-17-21-10-14-37-33(31(21)47-27)39-25-9-8-24-22(25)5-4-13-36-24)28(34-40-41-35(44-3)46-34)26(38-30(23)32)7-6-20-11-15-45-16-12-20/h4-5,10,13-14,17,19-20,23,25H,6-9,11-12,15-16,18H2,1-3H3,(H,37,39)/t23-,25+/m0/s1. The van der Waals surface area contributed by atoms with Crippen LogP contribution in [0.3, 0.4) is 0 Å². The Morgan fingerprint density at radius 1 is 1.08 bits per heavy atom. The molecule has 5 aromatic rings. The van der Waals surface area contributed by atoms with Gasteiger partial charge < -0.3 is 19.2 Å². The average Bonchev–Trinajstić information content (AvgIpc) is 3.89. The Bertz CT molecular complexity index is 2100. The summed E-state index contributed by atoms with van der Waals surface area (Å²) in [7, 11) is -2.22. The zero-order valence-electron chi connectivity index (χ0n) is 27.2. The van der Waals surface area contributed by atoms with Gasteiger partial charge in [0, 0.05) is 47.7 Å². The van der Waals surface area contributed by atoms with Crippen LogP contribution in [0.5, 0.6) is 6.08 Å².